The van der Waals surface area contributed by atoms with Gasteiger partial charge in [-0.2, -0.15) is 0 Å². The van der Waals surface area contributed by atoms with Gasteiger partial charge in [-0.15, -0.1) is 0 Å². The molecule has 32 heavy (non-hydrogen) atoms. The van der Waals surface area contributed by atoms with Gasteiger partial charge in [-0.05, 0) is 43.2 Å². The Balaban J connectivity index is 1.89. The second-order valence-electron chi connectivity index (χ2n) is 7.59. The molecule has 1 fully saturated rings. The molecule has 0 aliphatic carbocycles. The maximum Gasteiger partial charge on any atom is 0.295 e. The molecule has 1 aromatic carbocycles. The lowest BCUT2D eigenvalue weighted by atomic mass is 9.96. The molecule has 1 saturated heterocycles. The topological polar surface area (TPSA) is 93.4 Å². The molecule has 0 radical (unpaired) electrons. The number of likely N-dealkylation sites (tertiary alicyclic amines) is 1. The lowest BCUT2D eigenvalue weighted by molar-refractivity contribution is -0.140. The van der Waals surface area contributed by atoms with Crippen LogP contribution in [0.25, 0.3) is 11.4 Å². The number of aliphatic hydroxyl groups excluding tert-OH is 1. The van der Waals surface area contributed by atoms with Crippen LogP contribution in [0.4, 0.5) is 0 Å². The predicted molar refractivity (Wildman–Crippen MR) is 118 cm³/mol. The fraction of sp³-hybridized carbons (Fsp3) is 0.292. The standard InChI is InChI=1S/C24H25N3O5/c1-15-20(26-12-5-4-7-18(26)25-15)22(28)19-21(16-8-10-17(32-3)11-9-16)27(13-6-14-31-2)24(30)23(19)29/h4-5,7-12,21,28H,6,13-14H2,1-3H3/b22-19+. The van der Waals surface area contributed by atoms with Crippen molar-refractivity contribution in [1.29, 1.82) is 0 Å². The van der Waals surface area contributed by atoms with Crippen molar-refractivity contribution in [2.75, 3.05) is 27.4 Å². The van der Waals surface area contributed by atoms with Crippen molar-refractivity contribution in [2.45, 2.75) is 19.4 Å². The number of methoxy groups -OCH3 is 2. The molecule has 8 heteroatoms. The number of imidazole rings is 1. The van der Waals surface area contributed by atoms with Gasteiger partial charge in [0.15, 0.2) is 5.76 Å². The van der Waals surface area contributed by atoms with Crippen molar-refractivity contribution in [3.05, 3.63) is 71.2 Å². The Bertz CT molecular complexity index is 1200. The number of fused-ring (bicyclic) bond motifs is 1. The zero-order valence-electron chi connectivity index (χ0n) is 18.2. The summed E-state index contributed by atoms with van der Waals surface area (Å²) in [5.41, 5.74) is 2.35. The van der Waals surface area contributed by atoms with Crippen molar-refractivity contribution in [3.63, 3.8) is 0 Å². The number of rotatable bonds is 7. The lowest BCUT2D eigenvalue weighted by Gasteiger charge is -2.25. The van der Waals surface area contributed by atoms with Gasteiger partial charge in [0.25, 0.3) is 11.7 Å². The lowest BCUT2D eigenvalue weighted by Crippen LogP contribution is -2.31. The summed E-state index contributed by atoms with van der Waals surface area (Å²) >= 11 is 0. The molecule has 3 aromatic rings. The van der Waals surface area contributed by atoms with Gasteiger partial charge in [-0.3, -0.25) is 14.0 Å². The number of hydrogen-bond acceptors (Lipinski definition) is 6. The van der Waals surface area contributed by atoms with Crippen molar-refractivity contribution >= 4 is 23.1 Å². The number of ether oxygens (including phenoxy) is 2. The Morgan fingerprint density at radius 2 is 1.88 bits per heavy atom. The van der Waals surface area contributed by atoms with Crippen LogP contribution in [0.1, 0.15) is 29.4 Å². The number of aliphatic hydroxyl groups is 1. The number of amides is 1. The predicted octanol–water partition coefficient (Wildman–Crippen LogP) is 3.11. The first-order valence-corrected chi connectivity index (χ1v) is 10.3. The monoisotopic (exact) mass is 435 g/mol. The number of Topliss-reactive ketones (excluding diaryl/α,β-unsaturated/α-hetero) is 1. The Morgan fingerprint density at radius 1 is 1.12 bits per heavy atom. The second kappa shape index (κ2) is 8.84. The molecule has 3 heterocycles. The van der Waals surface area contributed by atoms with Gasteiger partial charge in [0.2, 0.25) is 0 Å². The zero-order valence-corrected chi connectivity index (χ0v) is 18.2. The fourth-order valence-corrected chi connectivity index (χ4v) is 4.15. The Hall–Kier alpha value is -3.65. The average molecular weight is 435 g/mol. The number of carbonyl (C=O) groups excluding carboxylic acids is 2. The van der Waals surface area contributed by atoms with Crippen LogP contribution < -0.4 is 4.74 Å². The van der Waals surface area contributed by atoms with Gasteiger partial charge in [-0.1, -0.05) is 18.2 Å². The normalized spacial score (nSPS) is 18.0. The van der Waals surface area contributed by atoms with E-state index in [-0.39, 0.29) is 11.3 Å². The van der Waals surface area contributed by atoms with E-state index in [1.54, 1.807) is 56.0 Å². The quantitative estimate of drug-likeness (QED) is 0.265. The van der Waals surface area contributed by atoms with Gasteiger partial charge in [0, 0.05) is 26.5 Å². The summed E-state index contributed by atoms with van der Waals surface area (Å²) in [4.78, 5) is 32.1. The maximum absolute atomic E-state index is 13.1. The van der Waals surface area contributed by atoms with Gasteiger partial charge >= 0.3 is 0 Å². The van der Waals surface area contributed by atoms with Crippen LogP contribution in [0, 0.1) is 6.92 Å². The molecule has 0 saturated carbocycles. The summed E-state index contributed by atoms with van der Waals surface area (Å²) in [6.07, 6.45) is 2.33. The van der Waals surface area contributed by atoms with Crippen molar-refractivity contribution in [2.24, 2.45) is 0 Å². The van der Waals surface area contributed by atoms with E-state index < -0.39 is 17.7 Å². The molecule has 1 atom stereocenters. The average Bonchev–Trinajstić information content (AvgIpc) is 3.27. The van der Waals surface area contributed by atoms with Crippen LogP contribution in [0.2, 0.25) is 0 Å². The van der Waals surface area contributed by atoms with Gasteiger partial charge in [0.1, 0.15) is 17.1 Å². The number of ketones is 1. The molecule has 4 rings (SSSR count). The van der Waals surface area contributed by atoms with Crippen LogP contribution >= 0.6 is 0 Å². The number of benzene rings is 1. The maximum atomic E-state index is 13.1. The molecule has 1 N–H and O–H groups in total. The highest BCUT2D eigenvalue weighted by Gasteiger charge is 2.46. The molecular weight excluding hydrogens is 410 g/mol. The molecule has 166 valence electrons. The summed E-state index contributed by atoms with van der Waals surface area (Å²) in [6, 6.07) is 11.9. The molecular formula is C24H25N3O5. The number of aryl methyl sites for hydroxylation is 1. The molecule has 2 aromatic heterocycles. The fourth-order valence-electron chi connectivity index (χ4n) is 4.15. The Labute approximate surface area is 185 Å². The minimum atomic E-state index is -0.730. The molecule has 1 aliphatic rings. The van der Waals surface area contributed by atoms with E-state index in [1.807, 2.05) is 18.2 Å². The summed E-state index contributed by atoms with van der Waals surface area (Å²) in [5, 5.41) is 11.4. The molecule has 8 nitrogen and oxygen atoms in total. The number of carbonyl (C=O) groups is 2. The number of aromatic nitrogens is 2. The molecule has 1 amide bonds. The van der Waals surface area contributed by atoms with Gasteiger partial charge < -0.3 is 19.5 Å². The third-order valence-corrected chi connectivity index (χ3v) is 5.65. The second-order valence-corrected chi connectivity index (χ2v) is 7.59. The van der Waals surface area contributed by atoms with Crippen molar-refractivity contribution < 1.29 is 24.2 Å². The summed E-state index contributed by atoms with van der Waals surface area (Å²) in [7, 11) is 3.15. The number of pyridine rings is 1. The zero-order chi connectivity index (χ0) is 22.8. The first-order valence-electron chi connectivity index (χ1n) is 10.3. The van der Waals surface area contributed by atoms with Crippen LogP contribution in [0.3, 0.4) is 0 Å². The number of nitrogens with zero attached hydrogens (tertiary/aromatic N) is 3. The van der Waals surface area contributed by atoms with E-state index in [2.05, 4.69) is 4.98 Å². The van der Waals surface area contributed by atoms with Crippen LogP contribution in [0.15, 0.2) is 54.2 Å². The third kappa shape index (κ3) is 3.62. The summed E-state index contributed by atoms with van der Waals surface area (Å²) in [5.74, 6) is -0.946. The first kappa shape index (κ1) is 21.6. The van der Waals surface area contributed by atoms with E-state index in [4.69, 9.17) is 9.47 Å². The third-order valence-electron chi connectivity index (χ3n) is 5.65. The molecule has 1 aliphatic heterocycles. The van der Waals surface area contributed by atoms with E-state index in [0.29, 0.717) is 47.9 Å². The smallest absolute Gasteiger partial charge is 0.295 e. The van der Waals surface area contributed by atoms with Gasteiger partial charge in [0.05, 0.1) is 24.4 Å². The van der Waals surface area contributed by atoms with E-state index in [9.17, 15) is 14.7 Å². The molecule has 1 unspecified atom stereocenters. The van der Waals surface area contributed by atoms with Crippen molar-refractivity contribution in [3.8, 4) is 5.75 Å². The molecule has 0 bridgehead atoms. The number of hydrogen-bond donors (Lipinski definition) is 1. The summed E-state index contributed by atoms with van der Waals surface area (Å²) in [6.45, 7) is 2.53. The minimum Gasteiger partial charge on any atom is -0.505 e. The highest BCUT2D eigenvalue weighted by Crippen LogP contribution is 2.40. The summed E-state index contributed by atoms with van der Waals surface area (Å²) < 4.78 is 12.1. The van der Waals surface area contributed by atoms with Gasteiger partial charge in [-0.25, -0.2) is 4.98 Å². The first-order chi connectivity index (χ1) is 15.5. The highest BCUT2D eigenvalue weighted by atomic mass is 16.5. The Kier molecular flexibility index (Phi) is 5.96. The Morgan fingerprint density at radius 3 is 2.56 bits per heavy atom. The minimum absolute atomic E-state index is 0.0475. The van der Waals surface area contributed by atoms with Crippen LogP contribution in [-0.4, -0.2) is 58.5 Å². The van der Waals surface area contributed by atoms with E-state index in [1.165, 1.54) is 4.90 Å². The van der Waals surface area contributed by atoms with Crippen molar-refractivity contribution in [1.82, 2.24) is 14.3 Å². The van der Waals surface area contributed by atoms with E-state index >= 15 is 0 Å². The van der Waals surface area contributed by atoms with Crippen LogP contribution in [0.5, 0.6) is 5.75 Å². The molecule has 0 spiro atoms. The highest BCUT2D eigenvalue weighted by molar-refractivity contribution is 6.46. The van der Waals surface area contributed by atoms with E-state index in [0.717, 1.165) is 0 Å². The van der Waals surface area contributed by atoms with Crippen LogP contribution in [-0.2, 0) is 14.3 Å². The SMILES string of the molecule is COCCCN1C(=O)C(=O)/C(=C(/O)c2c(C)nc3ccccn23)C1c1ccc(OC)cc1. The largest absolute Gasteiger partial charge is 0.505 e.